The predicted octanol–water partition coefficient (Wildman–Crippen LogP) is 0.479. The van der Waals surface area contributed by atoms with Crippen LogP contribution in [0.5, 0.6) is 0 Å². The number of hydrogen-bond donors (Lipinski definition) is 2. The van der Waals surface area contributed by atoms with Crippen LogP contribution < -0.4 is 11.5 Å². The number of hydrogen-bond acceptors (Lipinski definition) is 4. The maximum Gasteiger partial charge on any atom is 0.186 e. The van der Waals surface area contributed by atoms with E-state index < -0.39 is 0 Å². The van der Waals surface area contributed by atoms with Crippen LogP contribution in [0.1, 0.15) is 20.3 Å². The van der Waals surface area contributed by atoms with Crippen LogP contribution in [0.25, 0.3) is 0 Å². The fourth-order valence-electron chi connectivity index (χ4n) is 1.05. The minimum Gasteiger partial charge on any atom is -0.375 e. The van der Waals surface area contributed by atoms with Gasteiger partial charge in [-0.25, -0.2) is 10.0 Å². The van der Waals surface area contributed by atoms with E-state index in [1.165, 1.54) is 10.0 Å². The Morgan fingerprint density at radius 2 is 1.24 bits per heavy atom. The lowest BCUT2D eigenvalue weighted by atomic mass is 10.2. The van der Waals surface area contributed by atoms with Crippen LogP contribution in [0.3, 0.4) is 0 Å². The lowest BCUT2D eigenvalue weighted by Crippen LogP contribution is -2.29. The van der Waals surface area contributed by atoms with Gasteiger partial charge < -0.3 is 11.5 Å². The molecular weight excluding hydrogens is 256 g/mol. The molecule has 0 bridgehead atoms. The first-order chi connectivity index (χ1) is 7.73. The molecule has 6 nitrogen and oxygen atoms in total. The zero-order chi connectivity index (χ0) is 13.6. The summed E-state index contributed by atoms with van der Waals surface area (Å²) in [7, 11) is 3.39. The fourth-order valence-corrected chi connectivity index (χ4v) is 1.13. The highest BCUT2D eigenvalue weighted by Gasteiger charge is 2.02. The third kappa shape index (κ3) is 6.80. The molecule has 0 aliphatic carbocycles. The van der Waals surface area contributed by atoms with E-state index >= 15 is 0 Å². The molecule has 0 spiro atoms. The summed E-state index contributed by atoms with van der Waals surface area (Å²) in [6.45, 7) is 3.74. The van der Waals surface area contributed by atoms with Gasteiger partial charge in [0.1, 0.15) is 0 Å². The second kappa shape index (κ2) is 7.13. The van der Waals surface area contributed by atoms with Gasteiger partial charge in [0.2, 0.25) is 0 Å². The summed E-state index contributed by atoms with van der Waals surface area (Å²) in [5, 5.41) is 11.7. The first-order valence-corrected chi connectivity index (χ1v) is 5.70. The zero-order valence-corrected chi connectivity index (χ0v) is 12.1. The second-order valence-corrected chi connectivity index (χ2v) is 4.41. The molecule has 0 unspecified atom stereocenters. The SMILES string of the molecule is CC(CC(C)=NN(C)C(N)=S)=NN(C)C(N)=S. The van der Waals surface area contributed by atoms with E-state index in [4.69, 9.17) is 35.9 Å². The molecule has 0 aliphatic heterocycles. The molecular formula is C9H18N6S2. The van der Waals surface area contributed by atoms with Crippen molar-refractivity contribution in [2.45, 2.75) is 20.3 Å². The van der Waals surface area contributed by atoms with E-state index in [1.807, 2.05) is 13.8 Å². The lowest BCUT2D eigenvalue weighted by molar-refractivity contribution is 0.542. The molecule has 0 aromatic rings. The highest BCUT2D eigenvalue weighted by atomic mass is 32.1. The van der Waals surface area contributed by atoms with E-state index in [1.54, 1.807) is 14.1 Å². The van der Waals surface area contributed by atoms with Crippen molar-refractivity contribution < 1.29 is 0 Å². The molecule has 0 atom stereocenters. The van der Waals surface area contributed by atoms with Crippen molar-refractivity contribution in [3.63, 3.8) is 0 Å². The molecule has 0 radical (unpaired) electrons. The van der Waals surface area contributed by atoms with E-state index in [0.717, 1.165) is 11.4 Å². The maximum absolute atomic E-state index is 5.41. The molecule has 0 aromatic heterocycles. The van der Waals surface area contributed by atoms with Gasteiger partial charge in [-0.2, -0.15) is 10.2 Å². The van der Waals surface area contributed by atoms with Crippen LogP contribution in [-0.2, 0) is 0 Å². The van der Waals surface area contributed by atoms with Gasteiger partial charge in [0.05, 0.1) is 0 Å². The standard InChI is InChI=1S/C9H18N6S2/c1-6(12-14(3)8(10)16)5-7(2)13-15(4)9(11)17/h5H2,1-4H3,(H2,10,16)(H2,11,17). The Hall–Kier alpha value is -1.28. The molecule has 0 rings (SSSR count). The van der Waals surface area contributed by atoms with Gasteiger partial charge in [0, 0.05) is 31.9 Å². The van der Waals surface area contributed by atoms with Crippen molar-refractivity contribution in [1.82, 2.24) is 10.0 Å². The minimum atomic E-state index is 0.221. The Morgan fingerprint density at radius 1 is 0.941 bits per heavy atom. The summed E-state index contributed by atoms with van der Waals surface area (Å²) in [4.78, 5) is 0. The quantitative estimate of drug-likeness (QED) is 0.441. The molecule has 0 amide bonds. The molecule has 0 aromatic carbocycles. The van der Waals surface area contributed by atoms with Crippen molar-refractivity contribution in [2.75, 3.05) is 14.1 Å². The van der Waals surface area contributed by atoms with E-state index in [0.29, 0.717) is 6.42 Å². The molecule has 8 heteroatoms. The Bertz CT molecular complexity index is 328. The number of hydrazone groups is 2. The Kier molecular flexibility index (Phi) is 6.59. The second-order valence-electron chi connectivity index (χ2n) is 3.57. The van der Waals surface area contributed by atoms with E-state index in [-0.39, 0.29) is 10.2 Å². The van der Waals surface area contributed by atoms with Crippen LogP contribution in [0.15, 0.2) is 10.2 Å². The highest BCUT2D eigenvalue weighted by molar-refractivity contribution is 7.80. The van der Waals surface area contributed by atoms with E-state index in [9.17, 15) is 0 Å². The topological polar surface area (TPSA) is 83.2 Å². The summed E-state index contributed by atoms with van der Waals surface area (Å²) >= 11 is 9.56. The molecule has 0 fully saturated rings. The van der Waals surface area contributed by atoms with Gasteiger partial charge in [0.15, 0.2) is 10.2 Å². The van der Waals surface area contributed by atoms with Crippen molar-refractivity contribution in [3.8, 4) is 0 Å². The minimum absolute atomic E-state index is 0.221. The predicted molar refractivity (Wildman–Crippen MR) is 79.9 cm³/mol. The Morgan fingerprint density at radius 3 is 1.47 bits per heavy atom. The average Bonchev–Trinajstić information content (AvgIpc) is 2.16. The third-order valence-corrected chi connectivity index (χ3v) is 2.32. The van der Waals surface area contributed by atoms with Crippen molar-refractivity contribution in [2.24, 2.45) is 21.7 Å². The van der Waals surface area contributed by atoms with E-state index in [2.05, 4.69) is 10.2 Å². The third-order valence-electron chi connectivity index (χ3n) is 1.79. The van der Waals surface area contributed by atoms with Crippen LogP contribution >= 0.6 is 24.4 Å². The summed E-state index contributed by atoms with van der Waals surface area (Å²) in [5.41, 5.74) is 12.5. The maximum atomic E-state index is 5.41. The molecule has 0 saturated carbocycles. The lowest BCUT2D eigenvalue weighted by Gasteiger charge is -2.13. The summed E-state index contributed by atoms with van der Waals surface area (Å²) < 4.78 is 0. The molecule has 4 N–H and O–H groups in total. The molecule has 96 valence electrons. The summed E-state index contributed by atoms with van der Waals surface area (Å²) in [6, 6.07) is 0. The normalized spacial score (nSPS) is 12.2. The average molecular weight is 274 g/mol. The van der Waals surface area contributed by atoms with Gasteiger partial charge in [-0.3, -0.25) is 0 Å². The van der Waals surface area contributed by atoms with Gasteiger partial charge in [0.25, 0.3) is 0 Å². The van der Waals surface area contributed by atoms with Crippen LogP contribution in [0, 0.1) is 0 Å². The molecule has 0 saturated heterocycles. The van der Waals surface area contributed by atoms with Crippen molar-refractivity contribution >= 4 is 46.1 Å². The number of nitrogens with zero attached hydrogens (tertiary/aromatic N) is 4. The largest absolute Gasteiger partial charge is 0.375 e. The monoisotopic (exact) mass is 274 g/mol. The Balaban J connectivity index is 4.53. The van der Waals surface area contributed by atoms with Gasteiger partial charge >= 0.3 is 0 Å². The first kappa shape index (κ1) is 15.7. The van der Waals surface area contributed by atoms with Crippen LogP contribution in [-0.4, -0.2) is 45.8 Å². The van der Waals surface area contributed by atoms with Crippen LogP contribution in [0.4, 0.5) is 0 Å². The number of rotatable bonds is 4. The highest BCUT2D eigenvalue weighted by Crippen LogP contribution is 1.96. The molecule has 17 heavy (non-hydrogen) atoms. The molecule has 0 aliphatic rings. The summed E-state index contributed by atoms with van der Waals surface area (Å²) in [5.74, 6) is 0. The van der Waals surface area contributed by atoms with Gasteiger partial charge in [-0.15, -0.1) is 0 Å². The van der Waals surface area contributed by atoms with Crippen LogP contribution in [0.2, 0.25) is 0 Å². The van der Waals surface area contributed by atoms with Crippen molar-refractivity contribution in [1.29, 1.82) is 0 Å². The first-order valence-electron chi connectivity index (χ1n) is 4.88. The molecule has 0 heterocycles. The van der Waals surface area contributed by atoms with Crippen molar-refractivity contribution in [3.05, 3.63) is 0 Å². The zero-order valence-electron chi connectivity index (χ0n) is 10.5. The Labute approximate surface area is 112 Å². The fraction of sp³-hybridized carbons (Fsp3) is 0.556. The number of thiocarbonyl (C=S) groups is 2. The van der Waals surface area contributed by atoms with Gasteiger partial charge in [-0.05, 0) is 38.3 Å². The smallest absolute Gasteiger partial charge is 0.186 e. The van der Waals surface area contributed by atoms with Gasteiger partial charge in [-0.1, -0.05) is 0 Å². The number of nitrogens with two attached hydrogens (primary N) is 2. The summed E-state index contributed by atoms with van der Waals surface area (Å²) in [6.07, 6.45) is 0.597.